The van der Waals surface area contributed by atoms with Crippen LogP contribution in [0.1, 0.15) is 40.5 Å². The van der Waals surface area contributed by atoms with Crippen molar-refractivity contribution in [2.24, 2.45) is 0 Å². The van der Waals surface area contributed by atoms with Gasteiger partial charge in [0.1, 0.15) is 12.1 Å². The summed E-state index contributed by atoms with van der Waals surface area (Å²) in [4.78, 5) is 35.4. The lowest BCUT2D eigenvalue weighted by Gasteiger charge is -2.32. The van der Waals surface area contributed by atoms with Crippen molar-refractivity contribution >= 4 is 17.8 Å². The van der Waals surface area contributed by atoms with Crippen LogP contribution in [-0.2, 0) is 19.1 Å². The van der Waals surface area contributed by atoms with Crippen LogP contribution in [0.2, 0.25) is 0 Å². The number of carboxylic acid groups (broad SMARTS) is 1. The van der Waals surface area contributed by atoms with E-state index in [0.717, 1.165) is 4.90 Å². The molecule has 0 aromatic rings. The normalized spacial score (nSPS) is 13.6. The van der Waals surface area contributed by atoms with E-state index in [1.807, 2.05) is 6.92 Å². The predicted octanol–water partition coefficient (Wildman–Crippen LogP) is 1.04. The number of nitrogens with zero attached hydrogens (tertiary/aromatic N) is 1. The van der Waals surface area contributed by atoms with Crippen molar-refractivity contribution < 1.29 is 24.2 Å². The zero-order chi connectivity index (χ0) is 14.3. The Balaban J connectivity index is 5.16. The zero-order valence-corrected chi connectivity index (χ0v) is 11.3. The van der Waals surface area contributed by atoms with Crippen molar-refractivity contribution in [2.45, 2.75) is 52.6 Å². The highest BCUT2D eigenvalue weighted by atomic mass is 16.5. The second kappa shape index (κ2) is 7.68. The fourth-order valence-electron chi connectivity index (χ4n) is 1.76. The Hall–Kier alpha value is -1.59. The maximum Gasteiger partial charge on any atom is 0.328 e. The Kier molecular flexibility index (Phi) is 7.00. The first-order valence-electron chi connectivity index (χ1n) is 6.05. The maximum atomic E-state index is 11.8. The van der Waals surface area contributed by atoms with E-state index in [-0.39, 0.29) is 6.61 Å². The van der Waals surface area contributed by atoms with Gasteiger partial charge in [-0.2, -0.15) is 0 Å². The van der Waals surface area contributed by atoms with E-state index in [4.69, 9.17) is 9.84 Å². The molecule has 104 valence electrons. The van der Waals surface area contributed by atoms with Crippen LogP contribution < -0.4 is 0 Å². The summed E-state index contributed by atoms with van der Waals surface area (Å²) in [6, 6.07) is -1.89. The van der Waals surface area contributed by atoms with Crippen molar-refractivity contribution in [1.82, 2.24) is 4.90 Å². The maximum absolute atomic E-state index is 11.8. The summed E-state index contributed by atoms with van der Waals surface area (Å²) >= 11 is 0. The summed E-state index contributed by atoms with van der Waals surface area (Å²) in [7, 11) is 0. The number of aliphatic carboxylic acids is 1. The molecule has 0 saturated heterocycles. The molecule has 6 nitrogen and oxygen atoms in total. The lowest BCUT2D eigenvalue weighted by molar-refractivity contribution is -0.161. The van der Waals surface area contributed by atoms with Gasteiger partial charge in [-0.3, -0.25) is 4.79 Å². The first-order chi connectivity index (χ1) is 8.36. The van der Waals surface area contributed by atoms with E-state index in [1.165, 1.54) is 13.8 Å². The number of ether oxygens (including phenoxy) is 1. The quantitative estimate of drug-likeness (QED) is 0.690. The largest absolute Gasteiger partial charge is 0.480 e. The molecular weight excluding hydrogens is 238 g/mol. The first-order valence-corrected chi connectivity index (χ1v) is 6.05. The van der Waals surface area contributed by atoms with Crippen LogP contribution in [0.15, 0.2) is 0 Å². The fraction of sp³-hybridized carbons (Fsp3) is 0.750. The minimum atomic E-state index is -1.14. The SMILES string of the molecule is CCCC(C(=O)OCC)N(C(C)=O)[C@@H](C)C(=O)O. The third-order valence-corrected chi connectivity index (χ3v) is 2.59. The highest BCUT2D eigenvalue weighted by Crippen LogP contribution is 2.14. The van der Waals surface area contributed by atoms with Gasteiger partial charge in [0.05, 0.1) is 6.61 Å². The topological polar surface area (TPSA) is 83.9 Å². The van der Waals surface area contributed by atoms with Gasteiger partial charge in [0.15, 0.2) is 0 Å². The molecule has 0 saturated carbocycles. The highest BCUT2D eigenvalue weighted by molar-refractivity contribution is 5.87. The first kappa shape index (κ1) is 16.4. The van der Waals surface area contributed by atoms with Gasteiger partial charge in [-0.05, 0) is 20.3 Å². The number of carbonyl (C=O) groups is 3. The molecule has 1 N–H and O–H groups in total. The van der Waals surface area contributed by atoms with Crippen molar-refractivity contribution in [1.29, 1.82) is 0 Å². The average Bonchev–Trinajstić information content (AvgIpc) is 2.27. The van der Waals surface area contributed by atoms with E-state index in [0.29, 0.717) is 12.8 Å². The van der Waals surface area contributed by atoms with Crippen LogP contribution in [-0.4, -0.2) is 46.5 Å². The van der Waals surface area contributed by atoms with Crippen LogP contribution in [0, 0.1) is 0 Å². The molecule has 0 aliphatic rings. The van der Waals surface area contributed by atoms with Crippen molar-refractivity contribution in [3.8, 4) is 0 Å². The van der Waals surface area contributed by atoms with Crippen LogP contribution >= 0.6 is 0 Å². The molecule has 0 aliphatic carbocycles. The molecule has 0 bridgehead atoms. The second-order valence-corrected chi connectivity index (χ2v) is 4.00. The van der Waals surface area contributed by atoms with E-state index >= 15 is 0 Å². The molecular formula is C12H21NO5. The van der Waals surface area contributed by atoms with Gasteiger partial charge in [0.2, 0.25) is 5.91 Å². The van der Waals surface area contributed by atoms with Gasteiger partial charge in [-0.1, -0.05) is 13.3 Å². The number of hydrogen-bond acceptors (Lipinski definition) is 4. The number of rotatable bonds is 7. The molecule has 0 rings (SSSR count). The van der Waals surface area contributed by atoms with Gasteiger partial charge >= 0.3 is 11.9 Å². The van der Waals surface area contributed by atoms with Gasteiger partial charge in [-0.25, -0.2) is 9.59 Å². The molecule has 0 aromatic carbocycles. The molecule has 0 aromatic heterocycles. The molecule has 1 unspecified atom stereocenters. The predicted molar refractivity (Wildman–Crippen MR) is 64.9 cm³/mol. The van der Waals surface area contributed by atoms with E-state index in [1.54, 1.807) is 6.92 Å². The van der Waals surface area contributed by atoms with Crippen LogP contribution in [0.4, 0.5) is 0 Å². The van der Waals surface area contributed by atoms with Gasteiger partial charge < -0.3 is 14.7 Å². The molecule has 2 atom stereocenters. The van der Waals surface area contributed by atoms with E-state index in [2.05, 4.69) is 0 Å². The van der Waals surface area contributed by atoms with Crippen molar-refractivity contribution in [3.05, 3.63) is 0 Å². The fourth-order valence-corrected chi connectivity index (χ4v) is 1.76. The lowest BCUT2D eigenvalue weighted by atomic mass is 10.1. The number of carbonyl (C=O) groups excluding carboxylic acids is 2. The molecule has 18 heavy (non-hydrogen) atoms. The highest BCUT2D eigenvalue weighted by Gasteiger charge is 2.34. The van der Waals surface area contributed by atoms with E-state index < -0.39 is 29.9 Å². The summed E-state index contributed by atoms with van der Waals surface area (Å²) in [6.45, 7) is 6.36. The van der Waals surface area contributed by atoms with Crippen LogP contribution in [0.5, 0.6) is 0 Å². The Morgan fingerprint density at radius 2 is 1.83 bits per heavy atom. The number of amides is 1. The van der Waals surface area contributed by atoms with Gasteiger partial charge in [0, 0.05) is 6.92 Å². The molecule has 0 spiro atoms. The summed E-state index contributed by atoms with van der Waals surface area (Å²) in [5.74, 6) is -2.14. The third kappa shape index (κ3) is 4.35. The summed E-state index contributed by atoms with van der Waals surface area (Å²) in [5.41, 5.74) is 0. The number of esters is 1. The van der Waals surface area contributed by atoms with Crippen LogP contribution in [0.25, 0.3) is 0 Å². The molecule has 0 aliphatic heterocycles. The molecule has 0 heterocycles. The summed E-state index contributed by atoms with van der Waals surface area (Å²) in [5, 5.41) is 8.98. The monoisotopic (exact) mass is 259 g/mol. The third-order valence-electron chi connectivity index (χ3n) is 2.59. The van der Waals surface area contributed by atoms with E-state index in [9.17, 15) is 14.4 Å². The number of hydrogen-bond donors (Lipinski definition) is 1. The van der Waals surface area contributed by atoms with Crippen molar-refractivity contribution in [2.75, 3.05) is 6.61 Å². The second-order valence-electron chi connectivity index (χ2n) is 4.00. The molecule has 1 amide bonds. The van der Waals surface area contributed by atoms with Crippen LogP contribution in [0.3, 0.4) is 0 Å². The standard InChI is InChI=1S/C12H21NO5/c1-5-7-10(12(17)18-6-2)13(9(4)14)8(3)11(15)16/h8,10H,5-7H2,1-4H3,(H,15,16)/t8-,10?/m0/s1. The van der Waals surface area contributed by atoms with Gasteiger partial charge in [-0.15, -0.1) is 0 Å². The lowest BCUT2D eigenvalue weighted by Crippen LogP contribution is -2.52. The molecule has 0 radical (unpaired) electrons. The Morgan fingerprint density at radius 3 is 2.17 bits per heavy atom. The van der Waals surface area contributed by atoms with Gasteiger partial charge in [0.25, 0.3) is 0 Å². The minimum absolute atomic E-state index is 0.201. The zero-order valence-electron chi connectivity index (χ0n) is 11.3. The minimum Gasteiger partial charge on any atom is -0.480 e. The Morgan fingerprint density at radius 1 is 1.28 bits per heavy atom. The summed E-state index contributed by atoms with van der Waals surface area (Å²) < 4.78 is 4.89. The van der Waals surface area contributed by atoms with Crippen molar-refractivity contribution in [3.63, 3.8) is 0 Å². The smallest absolute Gasteiger partial charge is 0.328 e. The summed E-state index contributed by atoms with van der Waals surface area (Å²) in [6.07, 6.45) is 1.04. The Labute approximate surface area is 107 Å². The molecule has 0 fully saturated rings. The number of carboxylic acids is 1. The molecule has 6 heteroatoms. The Bertz CT molecular complexity index is 316. The average molecular weight is 259 g/mol.